The fourth-order valence-corrected chi connectivity index (χ4v) is 2.92. The van der Waals surface area contributed by atoms with Gasteiger partial charge in [-0.25, -0.2) is 0 Å². The van der Waals surface area contributed by atoms with Crippen molar-refractivity contribution in [1.82, 2.24) is 0 Å². The summed E-state index contributed by atoms with van der Waals surface area (Å²) in [7, 11) is 0. The average molecular weight is 295 g/mol. The van der Waals surface area contributed by atoms with Crippen LogP contribution in [0.5, 0.6) is 0 Å². The zero-order valence-corrected chi connectivity index (χ0v) is 12.0. The molecule has 1 aromatic rings. The molecule has 17 heavy (non-hydrogen) atoms. The zero-order valence-electron chi connectivity index (χ0n) is 10.4. The van der Waals surface area contributed by atoms with E-state index in [1.807, 2.05) is 0 Å². The van der Waals surface area contributed by atoms with Crippen molar-refractivity contribution in [1.29, 1.82) is 0 Å². The molecule has 0 spiro atoms. The minimum absolute atomic E-state index is 0.195. The first-order valence-corrected chi connectivity index (χ1v) is 6.97. The third kappa shape index (κ3) is 2.99. The maximum Gasteiger partial charge on any atom is 0.0615 e. The van der Waals surface area contributed by atoms with Gasteiger partial charge in [-0.2, -0.15) is 0 Å². The molecule has 1 nitrogen and oxygen atoms in total. The lowest BCUT2D eigenvalue weighted by Gasteiger charge is -2.30. The van der Waals surface area contributed by atoms with Gasteiger partial charge in [-0.15, -0.1) is 0 Å². The Morgan fingerprint density at radius 1 is 1.47 bits per heavy atom. The van der Waals surface area contributed by atoms with Gasteiger partial charge in [0.2, 0.25) is 0 Å². The van der Waals surface area contributed by atoms with Crippen molar-refractivity contribution >= 4 is 15.9 Å². The van der Waals surface area contributed by atoms with Gasteiger partial charge in [-0.3, -0.25) is 0 Å². The number of halogens is 1. The van der Waals surface area contributed by atoms with E-state index in [2.05, 4.69) is 54.1 Å². The molecule has 0 radical (unpaired) electrons. The Labute approximate surface area is 112 Å². The standard InChI is InChI=1S/C15H19BrO/c1-10(2)3-6-14-13-7-5-12(16)9-11(13)4-8-15(14)17/h3,5,7,9,14-15,17H,4,6,8H2,1-2H3. The highest BCUT2D eigenvalue weighted by Crippen LogP contribution is 2.36. The molecule has 2 heteroatoms. The Morgan fingerprint density at radius 2 is 2.24 bits per heavy atom. The Bertz CT molecular complexity index is 433. The highest BCUT2D eigenvalue weighted by atomic mass is 79.9. The van der Waals surface area contributed by atoms with Crippen LogP contribution in [0.1, 0.15) is 43.7 Å². The van der Waals surface area contributed by atoms with E-state index in [-0.39, 0.29) is 12.0 Å². The Morgan fingerprint density at radius 3 is 2.94 bits per heavy atom. The molecule has 0 bridgehead atoms. The van der Waals surface area contributed by atoms with Crippen LogP contribution < -0.4 is 0 Å². The number of rotatable bonds is 2. The molecule has 1 aliphatic carbocycles. The first-order valence-electron chi connectivity index (χ1n) is 6.17. The normalized spacial score (nSPS) is 23.1. The third-order valence-corrected chi connectivity index (χ3v) is 3.95. The third-order valence-electron chi connectivity index (χ3n) is 3.46. The van der Waals surface area contributed by atoms with Crippen molar-refractivity contribution in [3.8, 4) is 0 Å². The first-order chi connectivity index (χ1) is 8.08. The van der Waals surface area contributed by atoms with Crippen molar-refractivity contribution in [2.24, 2.45) is 0 Å². The highest BCUT2D eigenvalue weighted by Gasteiger charge is 2.27. The van der Waals surface area contributed by atoms with Crippen molar-refractivity contribution in [2.75, 3.05) is 0 Å². The summed E-state index contributed by atoms with van der Waals surface area (Å²) in [4.78, 5) is 0. The van der Waals surface area contributed by atoms with Gasteiger partial charge in [0.25, 0.3) is 0 Å². The lowest BCUT2D eigenvalue weighted by molar-refractivity contribution is 0.126. The summed E-state index contributed by atoms with van der Waals surface area (Å²) in [5.74, 6) is 0.266. The molecule has 1 aliphatic rings. The number of aliphatic hydroxyl groups excluding tert-OH is 1. The summed E-state index contributed by atoms with van der Waals surface area (Å²) >= 11 is 3.51. The van der Waals surface area contributed by atoms with E-state index >= 15 is 0 Å². The van der Waals surface area contributed by atoms with E-state index in [1.54, 1.807) is 0 Å². The summed E-state index contributed by atoms with van der Waals surface area (Å²) in [5, 5.41) is 10.2. The molecular weight excluding hydrogens is 276 g/mol. The van der Waals surface area contributed by atoms with E-state index < -0.39 is 0 Å². The van der Waals surface area contributed by atoms with Crippen LogP contribution in [0.15, 0.2) is 34.3 Å². The van der Waals surface area contributed by atoms with Crippen LogP contribution in [-0.2, 0) is 6.42 Å². The lowest BCUT2D eigenvalue weighted by Crippen LogP contribution is -2.25. The number of aryl methyl sites for hydroxylation is 1. The van der Waals surface area contributed by atoms with Gasteiger partial charge < -0.3 is 5.11 Å². The molecule has 1 aromatic carbocycles. The van der Waals surface area contributed by atoms with Crippen LogP contribution in [0.4, 0.5) is 0 Å². The van der Waals surface area contributed by atoms with Gasteiger partial charge in [0.1, 0.15) is 0 Å². The molecule has 0 amide bonds. The topological polar surface area (TPSA) is 20.2 Å². The second-order valence-corrected chi connectivity index (χ2v) is 5.99. The van der Waals surface area contributed by atoms with E-state index in [1.165, 1.54) is 16.7 Å². The minimum atomic E-state index is -0.195. The number of benzene rings is 1. The molecule has 2 atom stereocenters. The Balaban J connectivity index is 2.30. The SMILES string of the molecule is CC(C)=CCC1c2ccc(Br)cc2CCC1O. The predicted molar refractivity (Wildman–Crippen MR) is 75.3 cm³/mol. The molecule has 0 fully saturated rings. The number of hydrogen-bond donors (Lipinski definition) is 1. The van der Waals surface area contributed by atoms with Crippen LogP contribution >= 0.6 is 15.9 Å². The number of hydrogen-bond acceptors (Lipinski definition) is 1. The average Bonchev–Trinajstić information content (AvgIpc) is 2.27. The van der Waals surface area contributed by atoms with Crippen molar-refractivity contribution in [2.45, 2.75) is 45.1 Å². The molecule has 0 heterocycles. The summed E-state index contributed by atoms with van der Waals surface area (Å²) < 4.78 is 1.13. The molecule has 2 unspecified atom stereocenters. The van der Waals surface area contributed by atoms with Crippen molar-refractivity contribution in [3.63, 3.8) is 0 Å². The molecular formula is C15H19BrO. The summed E-state index contributed by atoms with van der Waals surface area (Å²) in [6.07, 6.45) is 4.84. The van der Waals surface area contributed by atoms with Crippen LogP contribution in [0.3, 0.4) is 0 Å². The second kappa shape index (κ2) is 5.36. The van der Waals surface area contributed by atoms with E-state index in [0.29, 0.717) is 0 Å². The lowest BCUT2D eigenvalue weighted by atomic mass is 9.79. The number of allylic oxidation sites excluding steroid dienone is 2. The first kappa shape index (κ1) is 12.8. The predicted octanol–water partition coefficient (Wildman–Crippen LogP) is 4.20. The van der Waals surface area contributed by atoms with E-state index in [4.69, 9.17) is 0 Å². The number of fused-ring (bicyclic) bond motifs is 1. The smallest absolute Gasteiger partial charge is 0.0615 e. The van der Waals surface area contributed by atoms with Gasteiger partial charge >= 0.3 is 0 Å². The molecule has 0 aliphatic heterocycles. The largest absolute Gasteiger partial charge is 0.392 e. The summed E-state index contributed by atoms with van der Waals surface area (Å²) in [5.41, 5.74) is 4.03. The van der Waals surface area contributed by atoms with E-state index in [9.17, 15) is 5.11 Å². The fourth-order valence-electron chi connectivity index (χ4n) is 2.51. The molecule has 2 rings (SSSR count). The van der Waals surface area contributed by atoms with Crippen LogP contribution in [0.25, 0.3) is 0 Å². The van der Waals surface area contributed by atoms with E-state index in [0.717, 1.165) is 23.7 Å². The minimum Gasteiger partial charge on any atom is -0.392 e. The molecule has 0 aromatic heterocycles. The Hall–Kier alpha value is -0.600. The van der Waals surface area contributed by atoms with Crippen molar-refractivity contribution in [3.05, 3.63) is 45.4 Å². The second-order valence-electron chi connectivity index (χ2n) is 5.07. The van der Waals surface area contributed by atoms with Gasteiger partial charge in [0.05, 0.1) is 6.10 Å². The molecule has 1 N–H and O–H groups in total. The maximum absolute atomic E-state index is 10.2. The number of aliphatic hydroxyl groups is 1. The molecule has 92 valence electrons. The fraction of sp³-hybridized carbons (Fsp3) is 0.467. The van der Waals surface area contributed by atoms with Gasteiger partial charge in [0.15, 0.2) is 0 Å². The zero-order chi connectivity index (χ0) is 12.4. The van der Waals surface area contributed by atoms with Gasteiger partial charge in [-0.1, -0.05) is 33.6 Å². The van der Waals surface area contributed by atoms with Gasteiger partial charge in [0, 0.05) is 10.4 Å². The Kier molecular flexibility index (Phi) is 4.05. The molecule has 0 saturated carbocycles. The summed E-state index contributed by atoms with van der Waals surface area (Å²) in [6.45, 7) is 4.22. The monoisotopic (exact) mass is 294 g/mol. The molecule has 0 saturated heterocycles. The van der Waals surface area contributed by atoms with Crippen LogP contribution in [0, 0.1) is 0 Å². The quantitative estimate of drug-likeness (QED) is 0.811. The van der Waals surface area contributed by atoms with Crippen LogP contribution in [0.2, 0.25) is 0 Å². The summed E-state index contributed by atoms with van der Waals surface area (Å²) in [6, 6.07) is 6.43. The van der Waals surface area contributed by atoms with Crippen LogP contribution in [-0.4, -0.2) is 11.2 Å². The van der Waals surface area contributed by atoms with Crippen molar-refractivity contribution < 1.29 is 5.11 Å². The van der Waals surface area contributed by atoms with Gasteiger partial charge in [-0.05, 0) is 56.4 Å². The highest BCUT2D eigenvalue weighted by molar-refractivity contribution is 9.10. The maximum atomic E-state index is 10.2.